The largest absolute Gasteiger partial charge is 0.491 e. The van der Waals surface area contributed by atoms with Gasteiger partial charge in [0, 0.05) is 0 Å². The Kier molecular flexibility index (Phi) is 5.83. The predicted octanol–water partition coefficient (Wildman–Crippen LogP) is 2.13. The van der Waals surface area contributed by atoms with Crippen LogP contribution in [0.2, 0.25) is 5.02 Å². The fourth-order valence-electron chi connectivity index (χ4n) is 2.60. The van der Waals surface area contributed by atoms with Crippen molar-refractivity contribution < 1.29 is 41.4 Å². The van der Waals surface area contributed by atoms with Gasteiger partial charge in [0.2, 0.25) is 0 Å². The summed E-state index contributed by atoms with van der Waals surface area (Å²) in [7, 11) is 0. The highest BCUT2D eigenvalue weighted by Gasteiger charge is 2.60. The van der Waals surface area contributed by atoms with Gasteiger partial charge in [-0.15, -0.1) is 0 Å². The summed E-state index contributed by atoms with van der Waals surface area (Å²) in [6.45, 7) is 0.182. The number of carbonyl (C=O) groups is 2. The molecule has 0 bridgehead atoms. The number of rotatable bonds is 6. The predicted molar refractivity (Wildman–Crippen MR) is 89.0 cm³/mol. The normalized spacial score (nSPS) is 19.1. The molecular formula is C15H12ClF4N5O5. The van der Waals surface area contributed by atoms with Crippen molar-refractivity contribution in [1.82, 2.24) is 15.8 Å². The lowest BCUT2D eigenvalue weighted by atomic mass is 10.1. The second kappa shape index (κ2) is 8.04. The first-order valence-corrected chi connectivity index (χ1v) is 8.53. The number of benzene rings is 1. The third-order valence-electron chi connectivity index (χ3n) is 3.90. The van der Waals surface area contributed by atoms with E-state index in [2.05, 4.69) is 24.5 Å². The SMILES string of the molecule is NCCCc1nonc1C1(OC(=O)C(F)(F)F)NOC(=O)N1c1ccc(F)c(Cl)c1. The van der Waals surface area contributed by atoms with Crippen molar-refractivity contribution in [3.05, 3.63) is 40.4 Å². The number of ether oxygens (including phenoxy) is 1. The number of nitrogens with zero attached hydrogens (tertiary/aromatic N) is 3. The van der Waals surface area contributed by atoms with E-state index >= 15 is 0 Å². The second-order valence-corrected chi connectivity index (χ2v) is 6.29. The van der Waals surface area contributed by atoms with Crippen molar-refractivity contribution >= 4 is 29.4 Å². The van der Waals surface area contributed by atoms with Crippen molar-refractivity contribution in [2.75, 3.05) is 11.4 Å². The Morgan fingerprint density at radius 2 is 2.10 bits per heavy atom. The summed E-state index contributed by atoms with van der Waals surface area (Å²) in [6.07, 6.45) is -6.39. The van der Waals surface area contributed by atoms with Crippen LogP contribution < -0.4 is 16.1 Å². The summed E-state index contributed by atoms with van der Waals surface area (Å²) >= 11 is 5.71. The molecule has 1 amide bonds. The molecule has 1 aromatic carbocycles. The van der Waals surface area contributed by atoms with Gasteiger partial charge >= 0.3 is 24.1 Å². The number of hydroxylamine groups is 1. The van der Waals surface area contributed by atoms with Gasteiger partial charge in [0.05, 0.1) is 10.7 Å². The van der Waals surface area contributed by atoms with Crippen LogP contribution in [0, 0.1) is 5.82 Å². The first kappa shape index (κ1) is 21.7. The molecule has 1 atom stereocenters. The van der Waals surface area contributed by atoms with Crippen LogP contribution in [-0.4, -0.2) is 35.1 Å². The fraction of sp³-hybridized carbons (Fsp3) is 0.333. The maximum atomic E-state index is 13.6. The number of halogens is 5. The van der Waals surface area contributed by atoms with Gasteiger partial charge in [-0.25, -0.2) is 23.5 Å². The maximum Gasteiger partial charge on any atom is 0.491 e. The lowest BCUT2D eigenvalue weighted by molar-refractivity contribution is -0.222. The highest BCUT2D eigenvalue weighted by molar-refractivity contribution is 6.31. The van der Waals surface area contributed by atoms with E-state index in [4.69, 9.17) is 17.3 Å². The monoisotopic (exact) mass is 453 g/mol. The van der Waals surface area contributed by atoms with Crippen molar-refractivity contribution in [3.8, 4) is 0 Å². The number of aryl methyl sites for hydroxylation is 1. The number of anilines is 1. The molecule has 1 fully saturated rings. The Hall–Kier alpha value is -2.97. The molecule has 0 saturated carbocycles. The van der Waals surface area contributed by atoms with Crippen LogP contribution in [0.25, 0.3) is 0 Å². The van der Waals surface area contributed by atoms with Gasteiger partial charge in [-0.3, -0.25) is 0 Å². The molecule has 2 heterocycles. The number of nitrogens with two attached hydrogens (primary N) is 1. The van der Waals surface area contributed by atoms with Gasteiger partial charge in [0.15, 0.2) is 5.69 Å². The van der Waals surface area contributed by atoms with Crippen LogP contribution in [0.1, 0.15) is 17.8 Å². The molecule has 1 saturated heterocycles. The molecule has 0 radical (unpaired) electrons. The van der Waals surface area contributed by atoms with E-state index in [0.29, 0.717) is 11.3 Å². The number of aromatic nitrogens is 2. The molecule has 3 N–H and O–H groups in total. The van der Waals surface area contributed by atoms with Crippen LogP contribution in [0.5, 0.6) is 0 Å². The minimum atomic E-state index is -5.44. The third kappa shape index (κ3) is 3.88. The van der Waals surface area contributed by atoms with Gasteiger partial charge < -0.3 is 15.3 Å². The molecule has 30 heavy (non-hydrogen) atoms. The van der Waals surface area contributed by atoms with E-state index in [-0.39, 0.29) is 24.3 Å². The van der Waals surface area contributed by atoms with Gasteiger partial charge in [-0.1, -0.05) is 22.2 Å². The number of hydrogen-bond donors (Lipinski definition) is 2. The number of carbonyl (C=O) groups excluding carboxylic acids is 2. The molecule has 0 aliphatic carbocycles. The summed E-state index contributed by atoms with van der Waals surface area (Å²) in [4.78, 5) is 29.1. The summed E-state index contributed by atoms with van der Waals surface area (Å²) in [5.74, 6) is -6.33. The van der Waals surface area contributed by atoms with Crippen molar-refractivity contribution in [3.63, 3.8) is 0 Å². The molecule has 1 aromatic heterocycles. The lowest BCUT2D eigenvalue weighted by Gasteiger charge is -2.32. The van der Waals surface area contributed by atoms with Crippen LogP contribution in [0.4, 0.5) is 28.0 Å². The zero-order valence-electron chi connectivity index (χ0n) is 14.7. The highest BCUT2D eigenvalue weighted by Crippen LogP contribution is 2.40. The molecule has 1 aliphatic rings. The molecule has 0 spiro atoms. The van der Waals surface area contributed by atoms with Crippen LogP contribution in [0.3, 0.4) is 0 Å². The van der Waals surface area contributed by atoms with E-state index in [9.17, 15) is 27.2 Å². The maximum absolute atomic E-state index is 13.6. The van der Waals surface area contributed by atoms with Gasteiger partial charge in [-0.05, 0) is 42.7 Å². The van der Waals surface area contributed by atoms with Gasteiger partial charge in [-0.2, -0.15) is 13.2 Å². The van der Waals surface area contributed by atoms with Crippen molar-refractivity contribution in [1.29, 1.82) is 0 Å². The minimum absolute atomic E-state index is 0.0501. The number of amides is 1. The molecule has 162 valence electrons. The van der Waals surface area contributed by atoms with Crippen molar-refractivity contribution in [2.45, 2.75) is 24.9 Å². The van der Waals surface area contributed by atoms with Crippen molar-refractivity contribution in [2.24, 2.45) is 5.73 Å². The molecule has 15 heteroatoms. The van der Waals surface area contributed by atoms with E-state index < -0.39 is 40.6 Å². The number of alkyl halides is 3. The average Bonchev–Trinajstić information content (AvgIpc) is 3.27. The van der Waals surface area contributed by atoms with Crippen LogP contribution >= 0.6 is 11.6 Å². The summed E-state index contributed by atoms with van der Waals surface area (Å²) in [6, 6.07) is 2.75. The third-order valence-corrected chi connectivity index (χ3v) is 4.19. The van der Waals surface area contributed by atoms with Crippen LogP contribution in [0.15, 0.2) is 22.8 Å². The molecule has 10 nitrogen and oxygen atoms in total. The van der Waals surface area contributed by atoms with E-state index in [0.717, 1.165) is 18.2 Å². The Morgan fingerprint density at radius 1 is 1.37 bits per heavy atom. The zero-order chi connectivity index (χ0) is 22.1. The molecule has 3 rings (SSSR count). The standard InChI is InChI=1S/C15H12ClF4N5O5/c16-8-6-7(3-4-9(8)17)25-13(27)29-24-15(25,28-12(26)14(18,19)20)11-10(2-1-5-21)22-30-23-11/h3-4,6,24H,1-2,5,21H2. The van der Waals surface area contributed by atoms with Gasteiger partial charge in [0.1, 0.15) is 11.5 Å². The summed E-state index contributed by atoms with van der Waals surface area (Å²) in [5.41, 5.74) is 6.49. The Labute approximate surface area is 169 Å². The Morgan fingerprint density at radius 3 is 2.73 bits per heavy atom. The Balaban J connectivity index is 2.17. The first-order chi connectivity index (χ1) is 14.1. The topological polar surface area (TPSA) is 133 Å². The number of hydrogen-bond acceptors (Lipinski definition) is 9. The number of nitrogens with one attached hydrogen (secondary N) is 1. The molecule has 1 unspecified atom stereocenters. The molecule has 1 aliphatic heterocycles. The van der Waals surface area contributed by atoms with E-state index in [1.165, 1.54) is 0 Å². The van der Waals surface area contributed by atoms with E-state index in [1.54, 1.807) is 0 Å². The van der Waals surface area contributed by atoms with E-state index in [1.807, 2.05) is 5.48 Å². The Bertz CT molecular complexity index is 971. The van der Waals surface area contributed by atoms with Crippen LogP contribution in [-0.2, 0) is 26.6 Å². The fourth-order valence-corrected chi connectivity index (χ4v) is 2.78. The smallest absolute Gasteiger partial charge is 0.408 e. The quantitative estimate of drug-likeness (QED) is 0.498. The molecule has 2 aromatic rings. The second-order valence-electron chi connectivity index (χ2n) is 5.89. The summed E-state index contributed by atoms with van der Waals surface area (Å²) in [5, 5.41) is 6.59. The number of esters is 1. The summed E-state index contributed by atoms with van der Waals surface area (Å²) < 4.78 is 61.6. The molecular weight excluding hydrogens is 442 g/mol. The zero-order valence-corrected chi connectivity index (χ0v) is 15.5. The first-order valence-electron chi connectivity index (χ1n) is 8.15. The minimum Gasteiger partial charge on any atom is -0.408 e. The van der Waals surface area contributed by atoms with Gasteiger partial charge in [0.25, 0.3) is 0 Å². The lowest BCUT2D eigenvalue weighted by Crippen LogP contribution is -2.55. The average molecular weight is 454 g/mol. The highest BCUT2D eigenvalue weighted by atomic mass is 35.5.